The second-order valence-electron chi connectivity index (χ2n) is 2.47. The van der Waals surface area contributed by atoms with E-state index in [4.69, 9.17) is 5.73 Å². The van der Waals surface area contributed by atoms with Crippen LogP contribution in [0.3, 0.4) is 0 Å². The molecule has 0 saturated carbocycles. The summed E-state index contributed by atoms with van der Waals surface area (Å²) in [5.74, 6) is -0.319. The summed E-state index contributed by atoms with van der Waals surface area (Å²) in [4.78, 5) is 13.9. The van der Waals surface area contributed by atoms with Crippen LogP contribution in [0.25, 0.3) is 0 Å². The number of pyridine rings is 1. The van der Waals surface area contributed by atoms with Gasteiger partial charge in [0.25, 0.3) is 12.3 Å². The van der Waals surface area contributed by atoms with Gasteiger partial charge in [0.15, 0.2) is 5.75 Å². The zero-order valence-corrected chi connectivity index (χ0v) is 7.74. The Morgan fingerprint density at radius 3 is 2.67 bits per heavy atom. The molecule has 82 valence electrons. The van der Waals surface area contributed by atoms with Gasteiger partial charge in [-0.2, -0.15) is 0 Å². The first-order valence-electron chi connectivity index (χ1n) is 3.85. The fraction of sp³-hybridized carbons (Fsp3) is 0.250. The van der Waals surface area contributed by atoms with Crippen molar-refractivity contribution in [2.45, 2.75) is 6.43 Å². The Morgan fingerprint density at radius 1 is 1.53 bits per heavy atom. The molecule has 0 saturated heterocycles. The molecule has 0 aliphatic carbocycles. The topological polar surface area (TPSA) is 74.4 Å². The van der Waals surface area contributed by atoms with Gasteiger partial charge in [0.1, 0.15) is 5.69 Å². The Balaban J connectivity index is 3.03. The van der Waals surface area contributed by atoms with Crippen molar-refractivity contribution in [2.24, 2.45) is 5.73 Å². The van der Waals surface area contributed by atoms with Crippen LogP contribution in [-0.4, -0.2) is 18.2 Å². The summed E-state index contributed by atoms with van der Waals surface area (Å²) in [6.45, 7) is 0. The Labute approximate surface area is 83.8 Å². The lowest BCUT2D eigenvalue weighted by Crippen LogP contribution is -2.17. The first-order chi connectivity index (χ1) is 7.04. The highest BCUT2D eigenvalue weighted by Crippen LogP contribution is 2.28. The van der Waals surface area contributed by atoms with E-state index >= 15 is 0 Å². The molecule has 15 heavy (non-hydrogen) atoms. The van der Waals surface area contributed by atoms with Gasteiger partial charge in [-0.3, -0.25) is 0 Å². The minimum absolute atomic E-state index is 0.102. The number of nitrogens with zero attached hydrogens (tertiary/aromatic N) is 1. The van der Waals surface area contributed by atoms with Gasteiger partial charge in [0.2, 0.25) is 0 Å². The summed E-state index contributed by atoms with van der Waals surface area (Å²) in [7, 11) is 1.21. The van der Waals surface area contributed by atoms with E-state index in [9.17, 15) is 13.6 Å². The van der Waals surface area contributed by atoms with Gasteiger partial charge in [-0.05, 0) is 12.1 Å². The lowest BCUT2D eigenvalue weighted by Gasteiger charge is -2.07. The molecule has 0 spiro atoms. The molecule has 5 nitrogen and oxygen atoms in total. The summed E-state index contributed by atoms with van der Waals surface area (Å²) in [5, 5.41) is 0. The third-order valence-electron chi connectivity index (χ3n) is 1.47. The lowest BCUT2D eigenvalue weighted by atomic mass is 10.3. The van der Waals surface area contributed by atoms with Crippen LogP contribution in [-0.2, 0) is 0 Å². The first kappa shape index (κ1) is 11.2. The van der Waals surface area contributed by atoms with E-state index in [1.807, 2.05) is 0 Å². The monoisotopic (exact) mass is 218 g/mol. The molecule has 1 heterocycles. The Hall–Kier alpha value is -1.92. The third-order valence-corrected chi connectivity index (χ3v) is 1.47. The maximum Gasteiger partial charge on any atom is 0.410 e. The predicted molar refractivity (Wildman–Crippen MR) is 46.0 cm³/mol. The minimum Gasteiger partial charge on any atom is -0.478 e. The fourth-order valence-electron chi connectivity index (χ4n) is 0.896. The van der Waals surface area contributed by atoms with E-state index in [2.05, 4.69) is 14.5 Å². The molecule has 1 aromatic rings. The first-order valence-corrected chi connectivity index (χ1v) is 3.85. The van der Waals surface area contributed by atoms with Crippen molar-refractivity contribution in [3.8, 4) is 11.6 Å². The molecule has 0 unspecified atom stereocenters. The van der Waals surface area contributed by atoms with Gasteiger partial charge >= 0.3 is 6.09 Å². The third kappa shape index (κ3) is 2.76. The van der Waals surface area contributed by atoms with E-state index in [1.165, 1.54) is 7.11 Å². The largest absolute Gasteiger partial charge is 0.478 e. The fourth-order valence-corrected chi connectivity index (χ4v) is 0.896. The number of rotatable bonds is 3. The zero-order chi connectivity index (χ0) is 11.4. The average molecular weight is 218 g/mol. The number of amides is 1. The van der Waals surface area contributed by atoms with Gasteiger partial charge in [-0.25, -0.2) is 18.6 Å². The molecule has 0 fully saturated rings. The number of primary amides is 1. The highest BCUT2D eigenvalue weighted by Gasteiger charge is 2.15. The Kier molecular flexibility index (Phi) is 3.37. The number of carbonyl (C=O) groups excluding carboxylic acids is 1. The molecule has 1 aromatic heterocycles. The molecule has 0 aromatic carbocycles. The van der Waals surface area contributed by atoms with Crippen LogP contribution < -0.4 is 15.2 Å². The highest BCUT2D eigenvalue weighted by molar-refractivity contribution is 5.68. The molecule has 1 rings (SSSR count). The number of alkyl halides is 2. The molecule has 0 bridgehead atoms. The number of hydrogen-bond acceptors (Lipinski definition) is 4. The maximum atomic E-state index is 12.2. The molecule has 7 heteroatoms. The number of aromatic nitrogens is 1. The minimum atomic E-state index is -2.72. The normalized spacial score (nSPS) is 10.1. The quantitative estimate of drug-likeness (QED) is 0.833. The molecule has 0 radical (unpaired) electrons. The van der Waals surface area contributed by atoms with Gasteiger partial charge in [0.05, 0.1) is 7.11 Å². The maximum absolute atomic E-state index is 12.2. The van der Waals surface area contributed by atoms with E-state index in [-0.39, 0.29) is 11.6 Å². The number of halogens is 2. The van der Waals surface area contributed by atoms with Crippen LogP contribution in [0, 0.1) is 0 Å². The zero-order valence-electron chi connectivity index (χ0n) is 7.74. The number of methoxy groups -OCH3 is 1. The molecule has 2 N–H and O–H groups in total. The summed E-state index contributed by atoms with van der Waals surface area (Å²) in [6, 6.07) is 2.16. The Morgan fingerprint density at radius 2 is 2.20 bits per heavy atom. The SMILES string of the molecule is COc1nc(C(F)F)ccc1OC(N)=O. The van der Waals surface area contributed by atoms with Gasteiger partial charge in [-0.15, -0.1) is 0 Å². The van der Waals surface area contributed by atoms with Gasteiger partial charge < -0.3 is 15.2 Å². The molecular weight excluding hydrogens is 210 g/mol. The standard InChI is InChI=1S/C8H8F2N2O3/c1-14-7-5(15-8(11)13)3-2-4(12-7)6(9)10/h2-3,6H,1H3,(H2,11,13). The van der Waals surface area contributed by atoms with E-state index < -0.39 is 18.2 Å². The summed E-state index contributed by atoms with van der Waals surface area (Å²) >= 11 is 0. The van der Waals surface area contributed by atoms with Crippen LogP contribution in [0.15, 0.2) is 12.1 Å². The van der Waals surface area contributed by atoms with E-state index in [1.54, 1.807) is 0 Å². The van der Waals surface area contributed by atoms with Crippen molar-refractivity contribution in [1.29, 1.82) is 0 Å². The van der Waals surface area contributed by atoms with Gasteiger partial charge in [0, 0.05) is 0 Å². The van der Waals surface area contributed by atoms with Crippen molar-refractivity contribution in [3.63, 3.8) is 0 Å². The number of nitrogens with two attached hydrogens (primary N) is 1. The summed E-state index contributed by atoms with van der Waals surface area (Å²) < 4.78 is 33.6. The second-order valence-corrected chi connectivity index (χ2v) is 2.47. The van der Waals surface area contributed by atoms with Crippen LogP contribution >= 0.6 is 0 Å². The smallest absolute Gasteiger partial charge is 0.410 e. The van der Waals surface area contributed by atoms with Crippen LogP contribution in [0.5, 0.6) is 11.6 Å². The molecular formula is C8H8F2N2O3. The number of ether oxygens (including phenoxy) is 2. The van der Waals surface area contributed by atoms with Crippen LogP contribution in [0.4, 0.5) is 13.6 Å². The summed E-state index contributed by atoms with van der Waals surface area (Å²) in [5.41, 5.74) is 4.28. The second kappa shape index (κ2) is 4.54. The lowest BCUT2D eigenvalue weighted by molar-refractivity contribution is 0.144. The molecule has 0 aliphatic heterocycles. The molecule has 0 aliphatic rings. The molecule has 0 atom stereocenters. The van der Waals surface area contributed by atoms with E-state index in [0.717, 1.165) is 12.1 Å². The van der Waals surface area contributed by atoms with Crippen molar-refractivity contribution in [3.05, 3.63) is 17.8 Å². The summed E-state index contributed by atoms with van der Waals surface area (Å²) in [6.07, 6.45) is -3.79. The van der Waals surface area contributed by atoms with Crippen molar-refractivity contribution < 1.29 is 23.0 Å². The number of hydrogen-bond donors (Lipinski definition) is 1. The Bertz CT molecular complexity index is 371. The highest BCUT2D eigenvalue weighted by atomic mass is 19.3. The van der Waals surface area contributed by atoms with Crippen LogP contribution in [0.2, 0.25) is 0 Å². The number of carbonyl (C=O) groups is 1. The van der Waals surface area contributed by atoms with Crippen molar-refractivity contribution in [2.75, 3.05) is 7.11 Å². The van der Waals surface area contributed by atoms with Crippen molar-refractivity contribution >= 4 is 6.09 Å². The van der Waals surface area contributed by atoms with E-state index in [0.29, 0.717) is 0 Å². The van der Waals surface area contributed by atoms with Crippen molar-refractivity contribution in [1.82, 2.24) is 4.98 Å². The molecule has 1 amide bonds. The average Bonchev–Trinajstić information content (AvgIpc) is 2.17. The van der Waals surface area contributed by atoms with Crippen LogP contribution in [0.1, 0.15) is 12.1 Å². The predicted octanol–water partition coefficient (Wildman–Crippen LogP) is 1.49. The van der Waals surface area contributed by atoms with Gasteiger partial charge in [-0.1, -0.05) is 0 Å².